The molecule has 2 amide bonds. The molecule has 0 aliphatic heterocycles. The molecule has 2 N–H and O–H groups in total. The van der Waals surface area contributed by atoms with Crippen molar-refractivity contribution in [2.45, 2.75) is 13.8 Å². The Hall–Kier alpha value is -2.89. The molecule has 2 aromatic rings. The number of hydrazine groups is 1. The number of benzene rings is 1. The van der Waals surface area contributed by atoms with Crippen molar-refractivity contribution in [3.05, 3.63) is 59.9 Å². The highest BCUT2D eigenvalue weighted by Gasteiger charge is 2.09. The minimum atomic E-state index is -0.405. The van der Waals surface area contributed by atoms with Crippen molar-refractivity contribution in [2.75, 3.05) is 6.61 Å². The Morgan fingerprint density at radius 3 is 2.00 bits per heavy atom. The van der Waals surface area contributed by atoms with Crippen molar-refractivity contribution in [3.63, 3.8) is 0 Å². The van der Waals surface area contributed by atoms with Crippen LogP contribution in [0.4, 0.5) is 0 Å². The van der Waals surface area contributed by atoms with E-state index in [0.29, 0.717) is 29.4 Å². The summed E-state index contributed by atoms with van der Waals surface area (Å²) in [5.74, 6) is 0.331. The van der Waals surface area contributed by atoms with Gasteiger partial charge >= 0.3 is 0 Å². The molecule has 0 saturated heterocycles. The van der Waals surface area contributed by atoms with Crippen molar-refractivity contribution in [3.8, 4) is 5.75 Å². The highest BCUT2D eigenvalue weighted by atomic mass is 16.5. The first-order valence-corrected chi connectivity index (χ1v) is 7.30. The number of ether oxygens (including phenoxy) is 1. The lowest BCUT2D eigenvalue weighted by atomic mass is 10.2. The second kappa shape index (κ2) is 7.93. The molecule has 1 aromatic carbocycles. The highest BCUT2D eigenvalue weighted by Crippen LogP contribution is 2.13. The van der Waals surface area contributed by atoms with Crippen molar-refractivity contribution >= 4 is 11.8 Å². The van der Waals surface area contributed by atoms with Gasteiger partial charge in [-0.1, -0.05) is 13.8 Å². The van der Waals surface area contributed by atoms with E-state index < -0.39 is 11.8 Å². The van der Waals surface area contributed by atoms with Gasteiger partial charge in [0.25, 0.3) is 11.8 Å². The summed E-state index contributed by atoms with van der Waals surface area (Å²) in [6, 6.07) is 9.85. The third-order valence-corrected chi connectivity index (χ3v) is 2.93. The van der Waals surface area contributed by atoms with Gasteiger partial charge in [-0.25, -0.2) is 0 Å². The number of rotatable bonds is 5. The fourth-order valence-electron chi connectivity index (χ4n) is 1.73. The Kier molecular flexibility index (Phi) is 5.68. The SMILES string of the molecule is CC(C)COc1ccc(C(=O)NNC(=O)c2ccncc2)cc1. The zero-order valence-electron chi connectivity index (χ0n) is 13.1. The molecule has 1 heterocycles. The molecule has 0 bridgehead atoms. The van der Waals surface area contributed by atoms with Crippen LogP contribution in [0.2, 0.25) is 0 Å². The van der Waals surface area contributed by atoms with Gasteiger partial charge in [-0.3, -0.25) is 25.4 Å². The van der Waals surface area contributed by atoms with E-state index >= 15 is 0 Å². The van der Waals surface area contributed by atoms with Crippen molar-refractivity contribution in [1.82, 2.24) is 15.8 Å². The highest BCUT2D eigenvalue weighted by molar-refractivity contribution is 5.99. The van der Waals surface area contributed by atoms with Crippen LogP contribution in [0, 0.1) is 5.92 Å². The lowest BCUT2D eigenvalue weighted by Crippen LogP contribution is -2.41. The lowest BCUT2D eigenvalue weighted by molar-refractivity contribution is 0.0846. The van der Waals surface area contributed by atoms with Gasteiger partial charge in [-0.05, 0) is 42.3 Å². The number of carbonyl (C=O) groups excluding carboxylic acids is 2. The van der Waals surface area contributed by atoms with E-state index in [2.05, 4.69) is 29.7 Å². The first-order valence-electron chi connectivity index (χ1n) is 7.30. The van der Waals surface area contributed by atoms with Gasteiger partial charge in [0.2, 0.25) is 0 Å². The van der Waals surface area contributed by atoms with Crippen LogP contribution >= 0.6 is 0 Å². The minimum Gasteiger partial charge on any atom is -0.493 e. The van der Waals surface area contributed by atoms with Crippen LogP contribution < -0.4 is 15.6 Å². The largest absolute Gasteiger partial charge is 0.493 e. The van der Waals surface area contributed by atoms with E-state index in [0.717, 1.165) is 0 Å². The zero-order chi connectivity index (χ0) is 16.7. The molecular weight excluding hydrogens is 294 g/mol. The number of nitrogens with zero attached hydrogens (tertiary/aromatic N) is 1. The summed E-state index contributed by atoms with van der Waals surface area (Å²) in [7, 11) is 0. The fourth-order valence-corrected chi connectivity index (χ4v) is 1.73. The molecular formula is C17H19N3O3. The first kappa shape index (κ1) is 16.5. The normalized spacial score (nSPS) is 10.2. The summed E-state index contributed by atoms with van der Waals surface area (Å²) in [4.78, 5) is 27.6. The number of aromatic nitrogens is 1. The van der Waals surface area contributed by atoms with Gasteiger partial charge in [-0.15, -0.1) is 0 Å². The predicted molar refractivity (Wildman–Crippen MR) is 85.9 cm³/mol. The number of hydrogen-bond acceptors (Lipinski definition) is 4. The standard InChI is InChI=1S/C17H19N3O3/c1-12(2)11-23-15-5-3-13(4-6-15)16(21)19-20-17(22)14-7-9-18-10-8-14/h3-10,12H,11H2,1-2H3,(H,19,21)(H,20,22). The third kappa shape index (κ3) is 5.10. The van der Waals surface area contributed by atoms with Crippen LogP contribution in [-0.4, -0.2) is 23.4 Å². The minimum absolute atomic E-state index is 0.400. The van der Waals surface area contributed by atoms with E-state index in [4.69, 9.17) is 4.74 Å². The molecule has 0 aliphatic rings. The van der Waals surface area contributed by atoms with E-state index in [1.165, 1.54) is 12.4 Å². The van der Waals surface area contributed by atoms with Gasteiger partial charge in [-0.2, -0.15) is 0 Å². The Labute approximate surface area is 134 Å². The summed E-state index contributed by atoms with van der Waals surface area (Å²) < 4.78 is 5.55. The van der Waals surface area contributed by atoms with Gasteiger partial charge in [0.15, 0.2) is 0 Å². The molecule has 0 spiro atoms. The van der Waals surface area contributed by atoms with E-state index in [9.17, 15) is 9.59 Å². The van der Waals surface area contributed by atoms with Crippen LogP contribution in [0.25, 0.3) is 0 Å². The van der Waals surface area contributed by atoms with Gasteiger partial charge < -0.3 is 4.74 Å². The van der Waals surface area contributed by atoms with E-state index in [1.807, 2.05) is 0 Å². The molecule has 0 atom stereocenters. The maximum Gasteiger partial charge on any atom is 0.269 e. The van der Waals surface area contributed by atoms with E-state index in [-0.39, 0.29) is 0 Å². The summed E-state index contributed by atoms with van der Waals surface area (Å²) >= 11 is 0. The predicted octanol–water partition coefficient (Wildman–Crippen LogP) is 2.19. The number of nitrogens with one attached hydrogen (secondary N) is 2. The quantitative estimate of drug-likeness (QED) is 0.829. The summed E-state index contributed by atoms with van der Waals surface area (Å²) in [5, 5.41) is 0. The number of carbonyl (C=O) groups is 2. The van der Waals surface area contributed by atoms with Crippen LogP contribution in [-0.2, 0) is 0 Å². The summed E-state index contributed by atoms with van der Waals surface area (Å²) in [6.45, 7) is 4.74. The monoisotopic (exact) mass is 313 g/mol. The van der Waals surface area contributed by atoms with Crippen LogP contribution in [0.3, 0.4) is 0 Å². The number of pyridine rings is 1. The second-order valence-corrected chi connectivity index (χ2v) is 5.37. The molecule has 0 saturated carbocycles. The first-order chi connectivity index (χ1) is 11.1. The van der Waals surface area contributed by atoms with Gasteiger partial charge in [0.05, 0.1) is 6.61 Å². The van der Waals surface area contributed by atoms with Gasteiger partial charge in [0, 0.05) is 23.5 Å². The number of amides is 2. The third-order valence-electron chi connectivity index (χ3n) is 2.93. The number of hydrogen-bond donors (Lipinski definition) is 2. The van der Waals surface area contributed by atoms with Crippen LogP contribution in [0.1, 0.15) is 34.6 Å². The molecule has 0 unspecified atom stereocenters. The molecule has 0 fully saturated rings. The average molecular weight is 313 g/mol. The van der Waals surface area contributed by atoms with Crippen molar-refractivity contribution in [2.24, 2.45) is 5.92 Å². The van der Waals surface area contributed by atoms with Crippen molar-refractivity contribution in [1.29, 1.82) is 0 Å². The molecule has 2 rings (SSSR count). The summed E-state index contributed by atoms with van der Waals surface area (Å²) in [6.07, 6.45) is 3.01. The van der Waals surface area contributed by atoms with Gasteiger partial charge in [0.1, 0.15) is 5.75 Å². The molecule has 1 aromatic heterocycles. The lowest BCUT2D eigenvalue weighted by Gasteiger charge is -2.10. The molecule has 0 aliphatic carbocycles. The molecule has 0 radical (unpaired) electrons. The average Bonchev–Trinajstić information content (AvgIpc) is 2.58. The smallest absolute Gasteiger partial charge is 0.269 e. The molecule has 120 valence electrons. The zero-order valence-corrected chi connectivity index (χ0v) is 13.1. The second-order valence-electron chi connectivity index (χ2n) is 5.37. The maximum atomic E-state index is 12.0. The van der Waals surface area contributed by atoms with Crippen LogP contribution in [0.15, 0.2) is 48.8 Å². The van der Waals surface area contributed by atoms with E-state index in [1.54, 1.807) is 36.4 Å². The maximum absolute atomic E-state index is 12.0. The Morgan fingerprint density at radius 2 is 1.48 bits per heavy atom. The topological polar surface area (TPSA) is 80.3 Å². The molecule has 23 heavy (non-hydrogen) atoms. The molecule has 6 nitrogen and oxygen atoms in total. The van der Waals surface area contributed by atoms with Crippen molar-refractivity contribution < 1.29 is 14.3 Å². The fraction of sp³-hybridized carbons (Fsp3) is 0.235. The van der Waals surface area contributed by atoms with Crippen LogP contribution in [0.5, 0.6) is 5.75 Å². The summed E-state index contributed by atoms with van der Waals surface area (Å²) in [5.41, 5.74) is 5.56. The Morgan fingerprint density at radius 1 is 0.957 bits per heavy atom. The molecule has 6 heteroatoms. The Bertz CT molecular complexity index is 655. The Balaban J connectivity index is 1.87.